The maximum absolute atomic E-state index is 5.45. The minimum absolute atomic E-state index is 0.229. The van der Waals surface area contributed by atoms with E-state index >= 15 is 0 Å². The molecule has 1 fully saturated rings. The number of anilines is 1. The smallest absolute Gasteiger partial charge is 0.231 e. The molecule has 1 N–H and O–H groups in total. The van der Waals surface area contributed by atoms with Gasteiger partial charge in [-0.3, -0.25) is 0 Å². The second kappa shape index (κ2) is 2.72. The summed E-state index contributed by atoms with van der Waals surface area (Å²) in [4.78, 5) is 8.36. The number of aromatic nitrogens is 2. The molecule has 15 heavy (non-hydrogen) atoms. The van der Waals surface area contributed by atoms with Crippen LogP contribution in [0.1, 0.15) is 25.5 Å². The van der Waals surface area contributed by atoms with E-state index in [9.17, 15) is 0 Å². The van der Waals surface area contributed by atoms with Crippen LogP contribution in [0.25, 0.3) is 11.1 Å². The molecule has 1 aliphatic rings. The molecule has 0 radical (unpaired) electrons. The van der Waals surface area contributed by atoms with Crippen LogP contribution in [0.5, 0.6) is 0 Å². The second-order valence-corrected chi connectivity index (χ2v) is 4.48. The standard InChI is InChI=1S/C11H13N3O/c1-7-5-8-9(14-11(2)3-4-11)12-6-13-10(8)15-7/h5-6H,3-4H2,1-2H3,(H,12,13,14). The topological polar surface area (TPSA) is 51.0 Å². The highest BCUT2D eigenvalue weighted by molar-refractivity contribution is 5.86. The number of hydrogen-bond donors (Lipinski definition) is 1. The highest BCUT2D eigenvalue weighted by atomic mass is 16.3. The largest absolute Gasteiger partial charge is 0.443 e. The van der Waals surface area contributed by atoms with Crippen molar-refractivity contribution in [1.82, 2.24) is 9.97 Å². The minimum Gasteiger partial charge on any atom is -0.443 e. The first kappa shape index (κ1) is 8.71. The van der Waals surface area contributed by atoms with Crippen LogP contribution in [0.3, 0.4) is 0 Å². The summed E-state index contributed by atoms with van der Waals surface area (Å²) in [6.07, 6.45) is 3.95. The van der Waals surface area contributed by atoms with Gasteiger partial charge in [0, 0.05) is 5.54 Å². The summed E-state index contributed by atoms with van der Waals surface area (Å²) >= 11 is 0. The molecular weight excluding hydrogens is 190 g/mol. The van der Waals surface area contributed by atoms with Crippen molar-refractivity contribution >= 4 is 16.9 Å². The molecule has 1 aliphatic carbocycles. The van der Waals surface area contributed by atoms with E-state index in [1.807, 2.05) is 13.0 Å². The summed E-state index contributed by atoms with van der Waals surface area (Å²) in [6.45, 7) is 4.12. The number of aryl methyl sites for hydroxylation is 1. The van der Waals surface area contributed by atoms with Crippen molar-refractivity contribution in [2.75, 3.05) is 5.32 Å². The van der Waals surface area contributed by atoms with Gasteiger partial charge in [-0.1, -0.05) is 0 Å². The zero-order chi connectivity index (χ0) is 10.5. The fourth-order valence-electron chi connectivity index (χ4n) is 1.67. The van der Waals surface area contributed by atoms with E-state index in [2.05, 4.69) is 22.2 Å². The van der Waals surface area contributed by atoms with Crippen LogP contribution in [0.15, 0.2) is 16.8 Å². The average molecular weight is 203 g/mol. The highest BCUT2D eigenvalue weighted by Crippen LogP contribution is 2.39. The lowest BCUT2D eigenvalue weighted by Crippen LogP contribution is -2.16. The Hall–Kier alpha value is -1.58. The van der Waals surface area contributed by atoms with Gasteiger partial charge in [0.1, 0.15) is 17.9 Å². The molecule has 4 heteroatoms. The number of nitrogens with one attached hydrogen (secondary N) is 1. The van der Waals surface area contributed by atoms with Gasteiger partial charge in [0.05, 0.1) is 5.39 Å². The van der Waals surface area contributed by atoms with Gasteiger partial charge in [-0.05, 0) is 32.8 Å². The summed E-state index contributed by atoms with van der Waals surface area (Å²) in [5.74, 6) is 1.76. The molecule has 0 bridgehead atoms. The van der Waals surface area contributed by atoms with Crippen molar-refractivity contribution in [3.63, 3.8) is 0 Å². The quantitative estimate of drug-likeness (QED) is 0.814. The molecule has 2 heterocycles. The lowest BCUT2D eigenvalue weighted by atomic mass is 10.3. The molecule has 0 aliphatic heterocycles. The third-order valence-corrected chi connectivity index (χ3v) is 2.87. The van der Waals surface area contributed by atoms with Gasteiger partial charge >= 0.3 is 0 Å². The van der Waals surface area contributed by atoms with Gasteiger partial charge in [0.25, 0.3) is 0 Å². The summed E-state index contributed by atoms with van der Waals surface area (Å²) < 4.78 is 5.45. The minimum atomic E-state index is 0.229. The van der Waals surface area contributed by atoms with E-state index in [1.54, 1.807) is 6.33 Å². The van der Waals surface area contributed by atoms with Gasteiger partial charge in [0.15, 0.2) is 0 Å². The normalized spacial score (nSPS) is 18.0. The first-order valence-corrected chi connectivity index (χ1v) is 5.16. The zero-order valence-corrected chi connectivity index (χ0v) is 8.87. The molecule has 1 saturated carbocycles. The molecule has 0 amide bonds. The van der Waals surface area contributed by atoms with Gasteiger partial charge in [-0.2, -0.15) is 0 Å². The number of furan rings is 1. The fraction of sp³-hybridized carbons (Fsp3) is 0.455. The van der Waals surface area contributed by atoms with Gasteiger partial charge in [0.2, 0.25) is 5.71 Å². The summed E-state index contributed by atoms with van der Waals surface area (Å²) in [5, 5.41) is 4.41. The predicted octanol–water partition coefficient (Wildman–Crippen LogP) is 2.50. The fourth-order valence-corrected chi connectivity index (χ4v) is 1.67. The van der Waals surface area contributed by atoms with Crippen LogP contribution < -0.4 is 5.32 Å². The second-order valence-electron chi connectivity index (χ2n) is 4.48. The van der Waals surface area contributed by atoms with Crippen LogP contribution in [0.4, 0.5) is 5.82 Å². The van der Waals surface area contributed by atoms with Crippen LogP contribution in [0.2, 0.25) is 0 Å². The maximum Gasteiger partial charge on any atom is 0.231 e. The Bertz CT molecular complexity index is 514. The number of nitrogens with zero attached hydrogens (tertiary/aromatic N) is 2. The summed E-state index contributed by atoms with van der Waals surface area (Å²) in [5.41, 5.74) is 0.890. The first-order valence-electron chi connectivity index (χ1n) is 5.16. The van der Waals surface area contributed by atoms with E-state index in [4.69, 9.17) is 4.42 Å². The molecule has 2 aromatic rings. The number of fused-ring (bicyclic) bond motifs is 1. The van der Waals surface area contributed by atoms with Crippen LogP contribution in [-0.4, -0.2) is 15.5 Å². The van der Waals surface area contributed by atoms with E-state index in [0.29, 0.717) is 5.71 Å². The van der Waals surface area contributed by atoms with E-state index in [1.165, 1.54) is 12.8 Å². The molecule has 0 saturated heterocycles. The van der Waals surface area contributed by atoms with Crippen molar-refractivity contribution in [3.8, 4) is 0 Å². The summed E-state index contributed by atoms with van der Waals surface area (Å²) in [6, 6.07) is 1.98. The Kier molecular flexibility index (Phi) is 1.58. The molecule has 0 spiro atoms. The molecular formula is C11H13N3O. The van der Waals surface area contributed by atoms with E-state index < -0.39 is 0 Å². The Balaban J connectivity index is 2.08. The van der Waals surface area contributed by atoms with Crippen LogP contribution in [0, 0.1) is 6.92 Å². The summed E-state index contributed by atoms with van der Waals surface area (Å²) in [7, 11) is 0. The van der Waals surface area contributed by atoms with Crippen molar-refractivity contribution in [3.05, 3.63) is 18.2 Å². The Morgan fingerprint density at radius 2 is 2.20 bits per heavy atom. The molecule has 4 nitrogen and oxygen atoms in total. The predicted molar refractivity (Wildman–Crippen MR) is 57.8 cm³/mol. The lowest BCUT2D eigenvalue weighted by Gasteiger charge is -2.11. The van der Waals surface area contributed by atoms with Gasteiger partial charge < -0.3 is 9.73 Å². The molecule has 3 rings (SSSR count). The average Bonchev–Trinajstić information content (AvgIpc) is 2.76. The van der Waals surface area contributed by atoms with E-state index in [-0.39, 0.29) is 5.54 Å². The highest BCUT2D eigenvalue weighted by Gasteiger charge is 2.37. The van der Waals surface area contributed by atoms with Crippen molar-refractivity contribution < 1.29 is 4.42 Å². The van der Waals surface area contributed by atoms with Crippen LogP contribution in [-0.2, 0) is 0 Å². The van der Waals surface area contributed by atoms with Crippen molar-refractivity contribution in [2.24, 2.45) is 0 Å². The molecule has 0 atom stereocenters. The lowest BCUT2D eigenvalue weighted by molar-refractivity contribution is 0.567. The third-order valence-electron chi connectivity index (χ3n) is 2.87. The SMILES string of the molecule is Cc1cc2c(NC3(C)CC3)ncnc2o1. The molecule has 2 aromatic heterocycles. The van der Waals surface area contributed by atoms with E-state index in [0.717, 1.165) is 17.0 Å². The molecule has 0 unspecified atom stereocenters. The molecule has 0 aromatic carbocycles. The number of hydrogen-bond acceptors (Lipinski definition) is 4. The zero-order valence-electron chi connectivity index (χ0n) is 8.87. The Morgan fingerprint density at radius 3 is 2.93 bits per heavy atom. The van der Waals surface area contributed by atoms with Gasteiger partial charge in [-0.25, -0.2) is 9.97 Å². The van der Waals surface area contributed by atoms with Crippen molar-refractivity contribution in [2.45, 2.75) is 32.2 Å². The Labute approximate surface area is 87.7 Å². The third kappa shape index (κ3) is 1.46. The number of rotatable bonds is 2. The Morgan fingerprint density at radius 1 is 1.40 bits per heavy atom. The first-order chi connectivity index (χ1) is 7.16. The van der Waals surface area contributed by atoms with Crippen molar-refractivity contribution in [1.29, 1.82) is 0 Å². The van der Waals surface area contributed by atoms with Crippen LogP contribution >= 0.6 is 0 Å². The monoisotopic (exact) mass is 203 g/mol. The van der Waals surface area contributed by atoms with Gasteiger partial charge in [-0.15, -0.1) is 0 Å². The maximum atomic E-state index is 5.45. The molecule has 78 valence electrons.